The van der Waals surface area contributed by atoms with Gasteiger partial charge >= 0.3 is 5.97 Å². The van der Waals surface area contributed by atoms with E-state index >= 15 is 0 Å². The molecule has 6 heteroatoms. The minimum Gasteiger partial charge on any atom is -0.477 e. The number of fused-ring (bicyclic) bond motifs is 1. The van der Waals surface area contributed by atoms with Crippen LogP contribution in [-0.4, -0.2) is 20.7 Å². The van der Waals surface area contributed by atoms with Crippen molar-refractivity contribution in [1.82, 2.24) is 4.57 Å². The zero-order valence-corrected chi connectivity index (χ0v) is 16.4. The molecule has 0 amide bonds. The highest BCUT2D eigenvalue weighted by molar-refractivity contribution is 6.33. The van der Waals surface area contributed by atoms with Crippen LogP contribution in [0.2, 0.25) is 5.02 Å². The van der Waals surface area contributed by atoms with Gasteiger partial charge in [-0.3, -0.25) is 4.79 Å². The zero-order chi connectivity index (χ0) is 20.5. The Bertz CT molecular complexity index is 1130. The summed E-state index contributed by atoms with van der Waals surface area (Å²) in [5.41, 5.74) is 2.95. The lowest BCUT2D eigenvalue weighted by molar-refractivity contribution is 0.0693. The highest BCUT2D eigenvalue weighted by atomic mass is 35.5. The number of carboxylic acid groups (broad SMARTS) is 1. The fourth-order valence-corrected chi connectivity index (χ4v) is 4.17. The summed E-state index contributed by atoms with van der Waals surface area (Å²) in [4.78, 5) is 24.1. The van der Waals surface area contributed by atoms with Crippen molar-refractivity contribution in [2.24, 2.45) is 0 Å². The number of carbonyl (C=O) groups is 1. The maximum Gasteiger partial charge on any atom is 0.341 e. The predicted octanol–water partition coefficient (Wildman–Crippen LogP) is 4.28. The first-order valence-electron chi connectivity index (χ1n) is 9.47. The van der Waals surface area contributed by atoms with Crippen LogP contribution in [0, 0.1) is 0 Å². The second-order valence-corrected chi connectivity index (χ2v) is 7.66. The van der Waals surface area contributed by atoms with E-state index in [1.54, 1.807) is 4.57 Å². The molecule has 0 aliphatic heterocycles. The van der Waals surface area contributed by atoms with Gasteiger partial charge in [-0.15, -0.1) is 0 Å². The van der Waals surface area contributed by atoms with Gasteiger partial charge < -0.3 is 14.8 Å². The van der Waals surface area contributed by atoms with Crippen molar-refractivity contribution in [3.05, 3.63) is 92.4 Å². The number of hydrogen-bond acceptors (Lipinski definition) is 3. The Morgan fingerprint density at radius 1 is 1.14 bits per heavy atom. The van der Waals surface area contributed by atoms with E-state index in [2.05, 4.69) is 0 Å². The topological polar surface area (TPSA) is 79.5 Å². The first-order valence-corrected chi connectivity index (χ1v) is 9.85. The van der Waals surface area contributed by atoms with E-state index in [1.165, 1.54) is 6.20 Å². The second kappa shape index (κ2) is 7.85. The van der Waals surface area contributed by atoms with E-state index < -0.39 is 17.5 Å². The molecule has 1 aliphatic rings. The quantitative estimate of drug-likeness (QED) is 0.673. The van der Waals surface area contributed by atoms with Crippen molar-refractivity contribution >= 4 is 17.6 Å². The number of carboxylic acids is 1. The SMILES string of the molecule is O=C(O)c1cn(Cc2ccc(-c3ccccc3Cl)cc2)c2c(c1=O)C(O)CCC2. The van der Waals surface area contributed by atoms with Gasteiger partial charge in [0.1, 0.15) is 5.56 Å². The number of rotatable bonds is 4. The van der Waals surface area contributed by atoms with Gasteiger partial charge in [-0.25, -0.2) is 4.79 Å². The van der Waals surface area contributed by atoms with Crippen LogP contribution in [0.1, 0.15) is 46.1 Å². The molecule has 1 unspecified atom stereocenters. The molecule has 1 aliphatic carbocycles. The number of aromatic nitrogens is 1. The Hall–Kier alpha value is -2.89. The zero-order valence-electron chi connectivity index (χ0n) is 15.6. The first-order chi connectivity index (χ1) is 14.0. The van der Waals surface area contributed by atoms with E-state index in [1.807, 2.05) is 48.5 Å². The van der Waals surface area contributed by atoms with Crippen LogP contribution in [0.4, 0.5) is 0 Å². The van der Waals surface area contributed by atoms with Gasteiger partial charge in [-0.1, -0.05) is 54.1 Å². The fourth-order valence-electron chi connectivity index (χ4n) is 3.93. The molecule has 0 spiro atoms. The lowest BCUT2D eigenvalue weighted by atomic mass is 9.91. The molecule has 2 aromatic carbocycles. The monoisotopic (exact) mass is 409 g/mol. The highest BCUT2D eigenvalue weighted by Gasteiger charge is 2.27. The maximum atomic E-state index is 12.5. The Morgan fingerprint density at radius 3 is 2.55 bits per heavy atom. The van der Waals surface area contributed by atoms with Crippen LogP contribution >= 0.6 is 11.6 Å². The van der Waals surface area contributed by atoms with Crippen molar-refractivity contribution in [1.29, 1.82) is 0 Å². The van der Waals surface area contributed by atoms with Crippen LogP contribution in [0.3, 0.4) is 0 Å². The highest BCUT2D eigenvalue weighted by Crippen LogP contribution is 2.30. The number of aromatic carboxylic acids is 1. The normalized spacial score (nSPS) is 15.7. The summed E-state index contributed by atoms with van der Waals surface area (Å²) in [6, 6.07) is 15.5. The Labute approximate surface area is 172 Å². The molecule has 0 bridgehead atoms. The summed E-state index contributed by atoms with van der Waals surface area (Å²) in [7, 11) is 0. The summed E-state index contributed by atoms with van der Waals surface area (Å²) in [5, 5.41) is 20.4. The van der Waals surface area contributed by atoms with Crippen LogP contribution in [0.15, 0.2) is 59.5 Å². The van der Waals surface area contributed by atoms with E-state index in [4.69, 9.17) is 11.6 Å². The molecule has 0 fully saturated rings. The molecular weight excluding hydrogens is 390 g/mol. The van der Waals surface area contributed by atoms with Crippen molar-refractivity contribution in [3.63, 3.8) is 0 Å². The van der Waals surface area contributed by atoms with Gasteiger partial charge in [0, 0.05) is 34.6 Å². The Kier molecular flexibility index (Phi) is 5.26. The molecule has 5 nitrogen and oxygen atoms in total. The number of nitrogens with zero attached hydrogens (tertiary/aromatic N) is 1. The van der Waals surface area contributed by atoms with Crippen LogP contribution < -0.4 is 5.43 Å². The summed E-state index contributed by atoms with van der Waals surface area (Å²) >= 11 is 6.27. The number of halogens is 1. The summed E-state index contributed by atoms with van der Waals surface area (Å²) in [5.74, 6) is -1.28. The lowest BCUT2D eigenvalue weighted by Gasteiger charge is -2.25. The minimum absolute atomic E-state index is 0.226. The molecule has 2 N–H and O–H groups in total. The average Bonchev–Trinajstić information content (AvgIpc) is 2.71. The molecule has 0 saturated heterocycles. The third-order valence-electron chi connectivity index (χ3n) is 5.38. The summed E-state index contributed by atoms with van der Waals surface area (Å²) in [6.45, 7) is 0.415. The molecule has 1 heterocycles. The fraction of sp³-hybridized carbons (Fsp3) is 0.217. The molecule has 1 atom stereocenters. The molecule has 4 rings (SSSR count). The number of aliphatic hydroxyl groups is 1. The van der Waals surface area contributed by atoms with E-state index in [9.17, 15) is 19.8 Å². The van der Waals surface area contributed by atoms with Crippen LogP contribution in [0.5, 0.6) is 0 Å². The van der Waals surface area contributed by atoms with Gasteiger partial charge in [0.15, 0.2) is 0 Å². The molecule has 29 heavy (non-hydrogen) atoms. The van der Waals surface area contributed by atoms with E-state index in [0.29, 0.717) is 30.1 Å². The first kappa shape index (κ1) is 19.4. The Morgan fingerprint density at radius 2 is 1.86 bits per heavy atom. The summed E-state index contributed by atoms with van der Waals surface area (Å²) in [6.07, 6.45) is 2.34. The van der Waals surface area contributed by atoms with Crippen LogP contribution in [-0.2, 0) is 13.0 Å². The van der Waals surface area contributed by atoms with Gasteiger partial charge in [0.25, 0.3) is 0 Å². The molecule has 0 saturated carbocycles. The van der Waals surface area contributed by atoms with Gasteiger partial charge in [-0.2, -0.15) is 0 Å². The standard InChI is InChI=1S/C23H20ClNO4/c24-18-5-2-1-4-16(18)15-10-8-14(9-11-15)12-25-13-17(23(28)29)22(27)21-19(25)6-3-7-20(21)26/h1-2,4-5,8-11,13,20,26H,3,6-7,12H2,(H,28,29). The average molecular weight is 410 g/mol. The lowest BCUT2D eigenvalue weighted by Crippen LogP contribution is -2.30. The predicted molar refractivity (Wildman–Crippen MR) is 112 cm³/mol. The smallest absolute Gasteiger partial charge is 0.341 e. The summed E-state index contributed by atoms with van der Waals surface area (Å²) < 4.78 is 1.78. The maximum absolute atomic E-state index is 12.5. The van der Waals surface area contributed by atoms with Crippen molar-refractivity contribution in [2.45, 2.75) is 31.9 Å². The van der Waals surface area contributed by atoms with Crippen molar-refractivity contribution in [2.75, 3.05) is 0 Å². The van der Waals surface area contributed by atoms with E-state index in [-0.39, 0.29) is 11.1 Å². The largest absolute Gasteiger partial charge is 0.477 e. The molecule has 3 aromatic rings. The van der Waals surface area contributed by atoms with Crippen molar-refractivity contribution in [3.8, 4) is 11.1 Å². The van der Waals surface area contributed by atoms with Gasteiger partial charge in [0.2, 0.25) is 5.43 Å². The number of hydrogen-bond donors (Lipinski definition) is 2. The van der Waals surface area contributed by atoms with Gasteiger partial charge in [0.05, 0.1) is 6.10 Å². The number of benzene rings is 2. The molecular formula is C23H20ClNO4. The second-order valence-electron chi connectivity index (χ2n) is 7.25. The van der Waals surface area contributed by atoms with Gasteiger partial charge in [-0.05, 0) is 36.5 Å². The third-order valence-corrected chi connectivity index (χ3v) is 5.71. The van der Waals surface area contributed by atoms with Crippen molar-refractivity contribution < 1.29 is 15.0 Å². The molecule has 0 radical (unpaired) electrons. The van der Waals surface area contributed by atoms with E-state index in [0.717, 1.165) is 23.1 Å². The third kappa shape index (κ3) is 3.71. The number of aliphatic hydroxyl groups excluding tert-OH is 1. The van der Waals surface area contributed by atoms with Crippen LogP contribution in [0.25, 0.3) is 11.1 Å². The molecule has 148 valence electrons. The number of pyridine rings is 1. The Balaban J connectivity index is 1.72. The minimum atomic E-state index is -1.28. The molecule has 1 aromatic heterocycles.